The molecule has 1 aliphatic rings. The molecule has 0 aliphatic carbocycles. The summed E-state index contributed by atoms with van der Waals surface area (Å²) < 4.78 is 1.58. The van der Waals surface area contributed by atoms with Gasteiger partial charge in [-0.25, -0.2) is 4.98 Å². The van der Waals surface area contributed by atoms with E-state index in [2.05, 4.69) is 15.0 Å². The van der Waals surface area contributed by atoms with E-state index in [9.17, 15) is 15.3 Å². The summed E-state index contributed by atoms with van der Waals surface area (Å²) in [4.78, 5) is 12.0. The fourth-order valence-electron chi connectivity index (χ4n) is 2.19. The molecule has 0 spiro atoms. The molecule has 0 bridgehead atoms. The maximum Gasteiger partial charge on any atom is 0.223 e. The van der Waals surface area contributed by atoms with Gasteiger partial charge in [-0.1, -0.05) is 11.6 Å². The van der Waals surface area contributed by atoms with Crippen molar-refractivity contribution in [3.05, 3.63) is 11.5 Å². The molecule has 2 aromatic heterocycles. The number of anilines is 1. The highest BCUT2D eigenvalue weighted by atomic mass is 35.5. The van der Waals surface area contributed by atoms with Crippen LogP contribution in [-0.4, -0.2) is 58.9 Å². The second-order valence-corrected chi connectivity index (χ2v) is 6.14. The van der Waals surface area contributed by atoms with Crippen LogP contribution in [0.2, 0.25) is 5.15 Å². The molecule has 1 fully saturated rings. The second-order valence-electron chi connectivity index (χ2n) is 4.43. The zero-order chi connectivity index (χ0) is 14.4. The number of fused-ring (bicyclic) bond motifs is 1. The Kier molecular flexibility index (Phi) is 3.46. The van der Waals surface area contributed by atoms with E-state index in [0.29, 0.717) is 11.2 Å². The number of thioether (sulfide) groups is 1. The molecule has 1 aliphatic heterocycles. The minimum absolute atomic E-state index is 0.000920. The fraction of sp³-hybridized carbons (Fsp3) is 0.500. The van der Waals surface area contributed by atoms with Gasteiger partial charge in [-0.3, -0.25) is 4.57 Å². The first-order valence-corrected chi connectivity index (χ1v) is 7.13. The summed E-state index contributed by atoms with van der Waals surface area (Å²) in [6, 6.07) is 0. The number of hydrogen-bond acceptors (Lipinski definition) is 8. The van der Waals surface area contributed by atoms with Crippen LogP contribution < -0.4 is 5.73 Å². The van der Waals surface area contributed by atoms with Gasteiger partial charge in [0.1, 0.15) is 17.0 Å². The van der Waals surface area contributed by atoms with Gasteiger partial charge in [0.2, 0.25) is 5.95 Å². The smallest absolute Gasteiger partial charge is 0.223 e. The molecule has 20 heavy (non-hydrogen) atoms. The standard InChI is InChI=1S/C10H12ClN5O3S/c11-7-4-8(15-10(12)14-7)16(2-13-4)9-6(19)5(18)3(1-17)20-9/h2-3,5-6,9,17-19H,1H2,(H2,12,14,15)/t3-,5+,6-,9-/m0/s1. The zero-order valence-corrected chi connectivity index (χ0v) is 11.7. The molecule has 0 aromatic carbocycles. The van der Waals surface area contributed by atoms with E-state index in [1.807, 2.05) is 0 Å². The highest BCUT2D eigenvalue weighted by Gasteiger charge is 2.43. The predicted octanol–water partition coefficient (Wildman–Crippen LogP) is -0.610. The van der Waals surface area contributed by atoms with E-state index in [-0.39, 0.29) is 17.7 Å². The average molecular weight is 318 g/mol. The SMILES string of the molecule is Nc1nc(Cl)c2ncn([C@H]3S[C@@H](CO)[C@@H](O)[C@@H]3O)c2n1. The van der Waals surface area contributed by atoms with E-state index in [0.717, 1.165) is 0 Å². The van der Waals surface area contributed by atoms with Crippen LogP contribution in [0.3, 0.4) is 0 Å². The van der Waals surface area contributed by atoms with Crippen molar-refractivity contribution in [2.75, 3.05) is 12.3 Å². The molecule has 10 heteroatoms. The number of nitrogen functional groups attached to an aromatic ring is 1. The number of nitrogens with two attached hydrogens (primary N) is 1. The highest BCUT2D eigenvalue weighted by molar-refractivity contribution is 8.00. The summed E-state index contributed by atoms with van der Waals surface area (Å²) in [6.45, 7) is -0.232. The van der Waals surface area contributed by atoms with Crippen LogP contribution in [0.4, 0.5) is 5.95 Å². The average Bonchev–Trinajstić information content (AvgIpc) is 2.93. The number of imidazole rings is 1. The lowest BCUT2D eigenvalue weighted by atomic mass is 10.1. The number of nitrogens with zero attached hydrogens (tertiary/aromatic N) is 4. The Hall–Kier alpha value is -1.13. The van der Waals surface area contributed by atoms with E-state index in [1.54, 1.807) is 4.57 Å². The van der Waals surface area contributed by atoms with E-state index < -0.39 is 22.8 Å². The van der Waals surface area contributed by atoms with Crippen LogP contribution in [0.15, 0.2) is 6.33 Å². The van der Waals surface area contributed by atoms with E-state index in [1.165, 1.54) is 18.1 Å². The molecule has 2 aromatic rings. The number of rotatable bonds is 2. The first kappa shape index (κ1) is 13.8. The summed E-state index contributed by atoms with van der Waals surface area (Å²) in [5.74, 6) is 0.000920. The Morgan fingerprint density at radius 3 is 2.75 bits per heavy atom. The van der Waals surface area contributed by atoms with Crippen molar-refractivity contribution in [2.24, 2.45) is 0 Å². The summed E-state index contributed by atoms with van der Waals surface area (Å²) in [5, 5.41) is 28.3. The topological polar surface area (TPSA) is 130 Å². The van der Waals surface area contributed by atoms with Gasteiger partial charge in [-0.2, -0.15) is 9.97 Å². The van der Waals surface area contributed by atoms with Crippen molar-refractivity contribution < 1.29 is 15.3 Å². The molecule has 3 heterocycles. The van der Waals surface area contributed by atoms with Gasteiger partial charge in [-0.05, 0) is 0 Å². The molecule has 0 unspecified atom stereocenters. The summed E-state index contributed by atoms with van der Waals surface area (Å²) in [6.07, 6.45) is -0.621. The first-order valence-electron chi connectivity index (χ1n) is 5.81. The van der Waals surface area contributed by atoms with Crippen molar-refractivity contribution in [2.45, 2.75) is 22.8 Å². The molecular formula is C10H12ClN5O3S. The van der Waals surface area contributed by atoms with Crippen LogP contribution in [-0.2, 0) is 0 Å². The molecule has 5 N–H and O–H groups in total. The Morgan fingerprint density at radius 1 is 1.35 bits per heavy atom. The Balaban J connectivity index is 2.07. The quantitative estimate of drug-likeness (QED) is 0.540. The van der Waals surface area contributed by atoms with Gasteiger partial charge in [0.25, 0.3) is 0 Å². The lowest BCUT2D eigenvalue weighted by Gasteiger charge is -2.17. The number of aromatic nitrogens is 4. The van der Waals surface area contributed by atoms with Gasteiger partial charge in [-0.15, -0.1) is 11.8 Å². The third-order valence-corrected chi connectivity index (χ3v) is 5.01. The number of hydrogen-bond donors (Lipinski definition) is 4. The van der Waals surface area contributed by atoms with Crippen LogP contribution in [0, 0.1) is 0 Å². The largest absolute Gasteiger partial charge is 0.395 e. The summed E-state index contributed by atoms with van der Waals surface area (Å²) in [7, 11) is 0. The highest BCUT2D eigenvalue weighted by Crippen LogP contribution is 2.43. The maximum absolute atomic E-state index is 10.1. The molecule has 0 amide bonds. The van der Waals surface area contributed by atoms with Crippen molar-refractivity contribution in [1.82, 2.24) is 19.5 Å². The zero-order valence-electron chi connectivity index (χ0n) is 10.1. The molecule has 0 radical (unpaired) electrons. The Labute approximate surface area is 122 Å². The number of halogens is 1. The van der Waals surface area contributed by atoms with Crippen LogP contribution in [0.5, 0.6) is 0 Å². The molecule has 108 valence electrons. The lowest BCUT2D eigenvalue weighted by Crippen LogP contribution is -2.32. The maximum atomic E-state index is 10.1. The van der Waals surface area contributed by atoms with Crippen molar-refractivity contribution in [1.29, 1.82) is 0 Å². The molecule has 8 nitrogen and oxygen atoms in total. The first-order chi connectivity index (χ1) is 9.52. The normalized spacial score (nSPS) is 30.2. The third-order valence-electron chi connectivity index (χ3n) is 3.19. The van der Waals surface area contributed by atoms with Gasteiger partial charge in [0, 0.05) is 0 Å². The molecule has 4 atom stereocenters. The fourth-order valence-corrected chi connectivity index (χ4v) is 3.79. The van der Waals surface area contributed by atoms with Crippen LogP contribution in [0.25, 0.3) is 11.2 Å². The number of aliphatic hydroxyl groups is 3. The summed E-state index contributed by atoms with van der Waals surface area (Å²) >= 11 is 7.18. The Bertz CT molecular complexity index is 653. The minimum atomic E-state index is -1.05. The molecule has 1 saturated heterocycles. The second kappa shape index (κ2) is 5.01. The molecular weight excluding hydrogens is 306 g/mol. The Morgan fingerprint density at radius 2 is 2.10 bits per heavy atom. The minimum Gasteiger partial charge on any atom is -0.395 e. The van der Waals surface area contributed by atoms with Crippen molar-refractivity contribution >= 4 is 40.5 Å². The predicted molar refractivity (Wildman–Crippen MR) is 74.3 cm³/mol. The number of aliphatic hydroxyl groups excluding tert-OH is 3. The molecule has 3 rings (SSSR count). The van der Waals surface area contributed by atoms with Crippen LogP contribution in [0.1, 0.15) is 5.37 Å². The monoisotopic (exact) mass is 317 g/mol. The third kappa shape index (κ3) is 2.02. The lowest BCUT2D eigenvalue weighted by molar-refractivity contribution is 0.0113. The van der Waals surface area contributed by atoms with Crippen LogP contribution >= 0.6 is 23.4 Å². The van der Waals surface area contributed by atoms with Gasteiger partial charge < -0.3 is 21.1 Å². The van der Waals surface area contributed by atoms with Crippen molar-refractivity contribution in [3.8, 4) is 0 Å². The van der Waals surface area contributed by atoms with E-state index in [4.69, 9.17) is 17.3 Å². The summed E-state index contributed by atoms with van der Waals surface area (Å²) in [5.41, 5.74) is 6.31. The van der Waals surface area contributed by atoms with E-state index >= 15 is 0 Å². The van der Waals surface area contributed by atoms with Gasteiger partial charge >= 0.3 is 0 Å². The van der Waals surface area contributed by atoms with Gasteiger partial charge in [0.05, 0.1) is 24.3 Å². The van der Waals surface area contributed by atoms with Crippen molar-refractivity contribution in [3.63, 3.8) is 0 Å². The molecule has 0 saturated carbocycles. The van der Waals surface area contributed by atoms with Gasteiger partial charge in [0.15, 0.2) is 10.8 Å².